The van der Waals surface area contributed by atoms with Gasteiger partial charge < -0.3 is 5.32 Å². The number of hydrogen-bond donors (Lipinski definition) is 1. The smallest absolute Gasteiger partial charge is 0.183 e. The highest BCUT2D eigenvalue weighted by atomic mass is 32.1. The molecule has 1 aromatic carbocycles. The molecule has 2 aromatic rings. The van der Waals surface area contributed by atoms with Crippen LogP contribution in [0, 0.1) is 6.92 Å². The molecular weight excluding hydrogens is 240 g/mol. The van der Waals surface area contributed by atoms with Crippen LogP contribution in [-0.2, 0) is 6.42 Å². The first-order chi connectivity index (χ1) is 8.76. The predicted molar refractivity (Wildman–Crippen MR) is 78.3 cm³/mol. The Hall–Kier alpha value is -1.35. The molecule has 1 aliphatic carbocycles. The topological polar surface area (TPSA) is 24.9 Å². The zero-order chi connectivity index (χ0) is 12.5. The van der Waals surface area contributed by atoms with Gasteiger partial charge in [0.05, 0.1) is 5.69 Å². The molecule has 3 heteroatoms. The third kappa shape index (κ3) is 2.41. The fourth-order valence-electron chi connectivity index (χ4n) is 2.03. The summed E-state index contributed by atoms with van der Waals surface area (Å²) < 4.78 is 0. The molecule has 1 saturated carbocycles. The molecule has 18 heavy (non-hydrogen) atoms. The molecule has 0 bridgehead atoms. The van der Waals surface area contributed by atoms with Crippen LogP contribution in [0.25, 0.3) is 11.3 Å². The summed E-state index contributed by atoms with van der Waals surface area (Å²) in [5.41, 5.74) is 3.73. The molecule has 2 nitrogen and oxygen atoms in total. The number of anilines is 1. The van der Waals surface area contributed by atoms with E-state index in [1.54, 1.807) is 11.3 Å². The van der Waals surface area contributed by atoms with Crippen LogP contribution < -0.4 is 5.32 Å². The van der Waals surface area contributed by atoms with Gasteiger partial charge in [-0.25, -0.2) is 4.98 Å². The maximum absolute atomic E-state index is 4.72. The largest absolute Gasteiger partial charge is 0.359 e. The molecule has 3 rings (SSSR count). The minimum Gasteiger partial charge on any atom is -0.359 e. The second kappa shape index (κ2) is 4.73. The average molecular weight is 258 g/mol. The number of rotatable bonds is 4. The number of aromatic nitrogens is 1. The SMILES string of the molecule is CCc1ccc(-c2nc(NC3CC3)sc2C)cc1. The summed E-state index contributed by atoms with van der Waals surface area (Å²) in [6.07, 6.45) is 3.67. The Bertz CT molecular complexity index is 538. The second-order valence-electron chi connectivity index (χ2n) is 4.89. The summed E-state index contributed by atoms with van der Waals surface area (Å²) in [5.74, 6) is 0. The van der Waals surface area contributed by atoms with Gasteiger partial charge in [0.25, 0.3) is 0 Å². The van der Waals surface area contributed by atoms with Crippen molar-refractivity contribution in [1.82, 2.24) is 4.98 Å². The Morgan fingerprint density at radius 1 is 1.28 bits per heavy atom. The van der Waals surface area contributed by atoms with Crippen molar-refractivity contribution in [1.29, 1.82) is 0 Å². The standard InChI is InChI=1S/C15H18N2S/c1-3-11-4-6-12(7-5-11)14-10(2)18-15(17-14)16-13-8-9-13/h4-7,13H,3,8-9H2,1-2H3,(H,16,17). The van der Waals surface area contributed by atoms with Gasteiger partial charge in [0.1, 0.15) is 0 Å². The minimum atomic E-state index is 0.672. The predicted octanol–water partition coefficient (Wildman–Crippen LogP) is 4.26. The Morgan fingerprint density at radius 3 is 2.61 bits per heavy atom. The van der Waals surface area contributed by atoms with Gasteiger partial charge >= 0.3 is 0 Å². The van der Waals surface area contributed by atoms with Gasteiger partial charge in [-0.3, -0.25) is 0 Å². The summed E-state index contributed by atoms with van der Waals surface area (Å²) >= 11 is 1.77. The maximum Gasteiger partial charge on any atom is 0.183 e. The van der Waals surface area contributed by atoms with Crippen molar-refractivity contribution in [2.24, 2.45) is 0 Å². The lowest BCUT2D eigenvalue weighted by atomic mass is 10.1. The number of thiazole rings is 1. The maximum atomic E-state index is 4.72. The number of aryl methyl sites for hydroxylation is 2. The lowest BCUT2D eigenvalue weighted by Gasteiger charge is -2.01. The van der Waals surface area contributed by atoms with Gasteiger partial charge in [-0.1, -0.05) is 31.2 Å². The first-order valence-electron chi connectivity index (χ1n) is 6.59. The van der Waals surface area contributed by atoms with E-state index in [0.717, 1.165) is 17.2 Å². The first-order valence-corrected chi connectivity index (χ1v) is 7.41. The minimum absolute atomic E-state index is 0.672. The Labute approximate surface area is 112 Å². The van der Waals surface area contributed by atoms with Crippen LogP contribution in [0.5, 0.6) is 0 Å². The van der Waals surface area contributed by atoms with E-state index in [2.05, 4.69) is 43.4 Å². The average Bonchev–Trinajstić information content (AvgIpc) is 3.12. The summed E-state index contributed by atoms with van der Waals surface area (Å²) in [5, 5.41) is 4.55. The molecule has 1 fully saturated rings. The molecule has 94 valence electrons. The van der Waals surface area contributed by atoms with Crippen molar-refractivity contribution in [3.8, 4) is 11.3 Å². The quantitative estimate of drug-likeness (QED) is 0.886. The highest BCUT2D eigenvalue weighted by molar-refractivity contribution is 7.16. The van der Waals surface area contributed by atoms with Crippen LogP contribution in [0.15, 0.2) is 24.3 Å². The molecule has 0 aliphatic heterocycles. The van der Waals surface area contributed by atoms with Crippen molar-refractivity contribution in [3.05, 3.63) is 34.7 Å². The van der Waals surface area contributed by atoms with E-state index in [0.29, 0.717) is 6.04 Å². The molecule has 1 aliphatic rings. The summed E-state index contributed by atoms with van der Waals surface area (Å²) in [6, 6.07) is 9.43. The second-order valence-corrected chi connectivity index (χ2v) is 6.10. The van der Waals surface area contributed by atoms with Gasteiger partial charge in [0, 0.05) is 16.5 Å². The molecular formula is C15H18N2S. The van der Waals surface area contributed by atoms with Crippen molar-refractivity contribution in [2.45, 2.75) is 39.2 Å². The zero-order valence-corrected chi connectivity index (χ0v) is 11.7. The molecule has 0 atom stereocenters. The van der Waals surface area contributed by atoms with Crippen LogP contribution >= 0.6 is 11.3 Å². The van der Waals surface area contributed by atoms with Gasteiger partial charge in [0.15, 0.2) is 5.13 Å². The number of benzene rings is 1. The summed E-state index contributed by atoms with van der Waals surface area (Å²) in [6.45, 7) is 4.33. The highest BCUT2D eigenvalue weighted by Crippen LogP contribution is 2.33. The molecule has 0 radical (unpaired) electrons. The third-order valence-electron chi connectivity index (χ3n) is 3.34. The lowest BCUT2D eigenvalue weighted by Crippen LogP contribution is -1.99. The number of nitrogens with one attached hydrogen (secondary N) is 1. The van der Waals surface area contributed by atoms with Crippen molar-refractivity contribution in [3.63, 3.8) is 0 Å². The molecule has 0 saturated heterocycles. The van der Waals surface area contributed by atoms with Gasteiger partial charge in [-0.2, -0.15) is 0 Å². The van der Waals surface area contributed by atoms with Gasteiger partial charge in [-0.05, 0) is 31.7 Å². The lowest BCUT2D eigenvalue weighted by molar-refractivity contribution is 1.13. The Kier molecular flexibility index (Phi) is 3.08. The number of nitrogens with zero attached hydrogens (tertiary/aromatic N) is 1. The monoisotopic (exact) mass is 258 g/mol. The van der Waals surface area contributed by atoms with Crippen LogP contribution in [0.1, 0.15) is 30.2 Å². The fourth-order valence-corrected chi connectivity index (χ4v) is 2.94. The van der Waals surface area contributed by atoms with E-state index in [-0.39, 0.29) is 0 Å². The van der Waals surface area contributed by atoms with Crippen LogP contribution in [0.2, 0.25) is 0 Å². The molecule has 1 N–H and O–H groups in total. The van der Waals surface area contributed by atoms with Crippen molar-refractivity contribution < 1.29 is 0 Å². The molecule has 0 unspecified atom stereocenters. The van der Waals surface area contributed by atoms with Crippen molar-refractivity contribution in [2.75, 3.05) is 5.32 Å². The zero-order valence-electron chi connectivity index (χ0n) is 10.9. The third-order valence-corrected chi connectivity index (χ3v) is 4.24. The van der Waals surface area contributed by atoms with Gasteiger partial charge in [-0.15, -0.1) is 11.3 Å². The molecule has 1 aromatic heterocycles. The first kappa shape index (κ1) is 11.7. The number of hydrogen-bond acceptors (Lipinski definition) is 3. The van der Waals surface area contributed by atoms with E-state index in [1.165, 1.54) is 28.8 Å². The van der Waals surface area contributed by atoms with E-state index < -0.39 is 0 Å². The summed E-state index contributed by atoms with van der Waals surface area (Å²) in [7, 11) is 0. The normalized spacial score (nSPS) is 14.8. The van der Waals surface area contributed by atoms with Crippen LogP contribution in [-0.4, -0.2) is 11.0 Å². The Morgan fingerprint density at radius 2 is 2.00 bits per heavy atom. The van der Waals surface area contributed by atoms with Gasteiger partial charge in [0.2, 0.25) is 0 Å². The molecule has 0 spiro atoms. The Balaban J connectivity index is 1.86. The highest BCUT2D eigenvalue weighted by Gasteiger charge is 2.22. The van der Waals surface area contributed by atoms with E-state index >= 15 is 0 Å². The van der Waals surface area contributed by atoms with E-state index in [9.17, 15) is 0 Å². The fraction of sp³-hybridized carbons (Fsp3) is 0.400. The van der Waals surface area contributed by atoms with Crippen LogP contribution in [0.4, 0.5) is 5.13 Å². The van der Waals surface area contributed by atoms with Crippen LogP contribution in [0.3, 0.4) is 0 Å². The van der Waals surface area contributed by atoms with E-state index in [1.807, 2.05) is 0 Å². The summed E-state index contributed by atoms with van der Waals surface area (Å²) in [4.78, 5) is 6.02. The molecule has 1 heterocycles. The van der Waals surface area contributed by atoms with E-state index in [4.69, 9.17) is 4.98 Å². The van der Waals surface area contributed by atoms with Crippen molar-refractivity contribution >= 4 is 16.5 Å². The molecule has 0 amide bonds.